The number of rotatable bonds is 4. The third-order valence-corrected chi connectivity index (χ3v) is 2.78. The second-order valence-corrected chi connectivity index (χ2v) is 5.35. The number of nitrogens with two attached hydrogens (primary N) is 1. The first-order valence-electron chi connectivity index (χ1n) is 6.92. The summed E-state index contributed by atoms with van der Waals surface area (Å²) in [7, 11) is 0. The van der Waals surface area contributed by atoms with Crippen molar-refractivity contribution in [3.63, 3.8) is 0 Å². The Balaban J connectivity index is 3.11. The maximum Gasteiger partial charge on any atom is 0.273 e. The lowest BCUT2D eigenvalue weighted by molar-refractivity contribution is 0.0675. The number of aromatic nitrogens is 1. The number of pyridine rings is 1. The summed E-state index contributed by atoms with van der Waals surface area (Å²) >= 11 is 0. The highest BCUT2D eigenvalue weighted by Crippen LogP contribution is 2.12. The smallest absolute Gasteiger partial charge is 0.273 e. The number of hydrogen-bond acceptors (Lipinski definition) is 3. The van der Waals surface area contributed by atoms with E-state index in [1.165, 1.54) is 0 Å². The molecule has 0 aliphatic carbocycles. The topological polar surface area (TPSA) is 59.2 Å². The van der Waals surface area contributed by atoms with Gasteiger partial charge in [0.25, 0.3) is 5.91 Å². The number of carbonyl (C=O) groups excluding carboxylic acids is 1. The van der Waals surface area contributed by atoms with Gasteiger partial charge in [0.2, 0.25) is 0 Å². The lowest BCUT2D eigenvalue weighted by Gasteiger charge is -2.28. The zero-order valence-corrected chi connectivity index (χ0v) is 12.7. The van der Waals surface area contributed by atoms with Gasteiger partial charge in [-0.1, -0.05) is 25.7 Å². The highest BCUT2D eigenvalue weighted by molar-refractivity contribution is 5.95. The van der Waals surface area contributed by atoms with Gasteiger partial charge < -0.3 is 10.6 Å². The summed E-state index contributed by atoms with van der Waals surface area (Å²) in [5, 5.41) is 0. The maximum atomic E-state index is 12.7. The number of nitrogens with zero attached hydrogens (tertiary/aromatic N) is 2. The highest BCUT2D eigenvalue weighted by Gasteiger charge is 2.22. The third kappa shape index (κ3) is 4.36. The van der Waals surface area contributed by atoms with Gasteiger partial charge in [0.05, 0.1) is 12.1 Å². The predicted octanol–water partition coefficient (Wildman–Crippen LogP) is 1.90. The van der Waals surface area contributed by atoms with Gasteiger partial charge in [0.15, 0.2) is 0 Å². The average Bonchev–Trinajstić information content (AvgIpc) is 2.41. The first-order chi connectivity index (χ1) is 9.47. The normalized spacial score (nSPS) is 10.3. The number of carbonyl (C=O) groups is 1. The lowest BCUT2D eigenvalue weighted by Crippen LogP contribution is -2.40. The van der Waals surface area contributed by atoms with E-state index in [0.717, 1.165) is 0 Å². The quantitative estimate of drug-likeness (QED) is 0.852. The molecule has 4 nitrogen and oxygen atoms in total. The van der Waals surface area contributed by atoms with Crippen LogP contribution in [0.3, 0.4) is 0 Å². The molecule has 0 bridgehead atoms. The van der Waals surface area contributed by atoms with Crippen molar-refractivity contribution in [1.82, 2.24) is 9.88 Å². The van der Waals surface area contributed by atoms with E-state index in [2.05, 4.69) is 30.7 Å². The first kappa shape index (κ1) is 16.2. The Morgan fingerprint density at radius 3 is 2.65 bits per heavy atom. The van der Waals surface area contributed by atoms with Gasteiger partial charge >= 0.3 is 0 Å². The van der Waals surface area contributed by atoms with Crippen molar-refractivity contribution in [3.05, 3.63) is 29.6 Å². The summed E-state index contributed by atoms with van der Waals surface area (Å²) in [5.41, 5.74) is 6.43. The van der Waals surface area contributed by atoms with Crippen LogP contribution in [0, 0.1) is 17.8 Å². The number of hydrogen-bond donors (Lipinski definition) is 1. The van der Waals surface area contributed by atoms with E-state index in [-0.39, 0.29) is 18.5 Å². The van der Waals surface area contributed by atoms with Crippen LogP contribution in [0.2, 0.25) is 0 Å². The third-order valence-electron chi connectivity index (χ3n) is 2.78. The zero-order chi connectivity index (χ0) is 15.1. The van der Waals surface area contributed by atoms with Crippen molar-refractivity contribution in [2.24, 2.45) is 11.7 Å². The van der Waals surface area contributed by atoms with E-state index in [1.54, 1.807) is 18.3 Å². The van der Waals surface area contributed by atoms with Gasteiger partial charge in [-0.3, -0.25) is 4.79 Å². The summed E-state index contributed by atoms with van der Waals surface area (Å²) in [6, 6.07) is 3.71. The standard InChI is InChI=1S/C16H23N3O/c1-12(2)11-19(13(3)4)16(20)15-14(7-5-9-17)8-6-10-18-15/h6,8,10,12-13H,9,11,17H2,1-4H3. The fourth-order valence-corrected chi connectivity index (χ4v) is 1.88. The van der Waals surface area contributed by atoms with Gasteiger partial charge in [-0.05, 0) is 31.9 Å². The van der Waals surface area contributed by atoms with Crippen LogP contribution in [0.25, 0.3) is 0 Å². The van der Waals surface area contributed by atoms with Crippen molar-refractivity contribution >= 4 is 5.91 Å². The van der Waals surface area contributed by atoms with Gasteiger partial charge in [0.1, 0.15) is 5.69 Å². The Bertz CT molecular complexity index is 512. The largest absolute Gasteiger partial charge is 0.335 e. The van der Waals surface area contributed by atoms with E-state index < -0.39 is 0 Å². The van der Waals surface area contributed by atoms with E-state index in [1.807, 2.05) is 18.7 Å². The fraction of sp³-hybridized carbons (Fsp3) is 0.500. The van der Waals surface area contributed by atoms with Crippen LogP contribution in [0.4, 0.5) is 0 Å². The molecule has 4 heteroatoms. The van der Waals surface area contributed by atoms with Crippen LogP contribution in [0.1, 0.15) is 43.7 Å². The fourth-order valence-electron chi connectivity index (χ4n) is 1.88. The maximum absolute atomic E-state index is 12.7. The summed E-state index contributed by atoms with van der Waals surface area (Å²) in [4.78, 5) is 18.7. The van der Waals surface area contributed by atoms with Crippen LogP contribution in [-0.4, -0.2) is 34.9 Å². The van der Waals surface area contributed by atoms with Gasteiger partial charge in [0, 0.05) is 18.8 Å². The molecule has 0 fully saturated rings. The average molecular weight is 273 g/mol. The van der Waals surface area contributed by atoms with Crippen LogP contribution in [-0.2, 0) is 0 Å². The SMILES string of the molecule is CC(C)CN(C(=O)c1ncccc1C#CCN)C(C)C. The van der Waals surface area contributed by atoms with Gasteiger partial charge in [-0.15, -0.1) is 0 Å². The molecule has 1 amide bonds. The zero-order valence-electron chi connectivity index (χ0n) is 12.7. The molecule has 0 saturated heterocycles. The summed E-state index contributed by atoms with van der Waals surface area (Å²) < 4.78 is 0. The Morgan fingerprint density at radius 1 is 1.40 bits per heavy atom. The predicted molar refractivity (Wildman–Crippen MR) is 81.2 cm³/mol. The molecule has 0 radical (unpaired) electrons. The molecule has 20 heavy (non-hydrogen) atoms. The minimum absolute atomic E-state index is 0.0735. The molecule has 1 aromatic rings. The molecule has 0 atom stereocenters. The Kier molecular flexibility index (Phi) is 6.20. The number of amides is 1. The molecule has 0 aliphatic rings. The highest BCUT2D eigenvalue weighted by atomic mass is 16.2. The molecule has 0 saturated carbocycles. The Morgan fingerprint density at radius 2 is 2.10 bits per heavy atom. The second-order valence-electron chi connectivity index (χ2n) is 5.35. The van der Waals surface area contributed by atoms with E-state index in [0.29, 0.717) is 23.7 Å². The summed E-state index contributed by atoms with van der Waals surface area (Å²) in [6.07, 6.45) is 1.62. The monoisotopic (exact) mass is 273 g/mol. The molecule has 0 unspecified atom stereocenters. The molecule has 1 aromatic heterocycles. The minimum Gasteiger partial charge on any atom is -0.335 e. The molecule has 0 spiro atoms. The van der Waals surface area contributed by atoms with Crippen molar-refractivity contribution in [1.29, 1.82) is 0 Å². The molecule has 2 N–H and O–H groups in total. The molecule has 0 aliphatic heterocycles. The minimum atomic E-state index is -0.0735. The first-order valence-corrected chi connectivity index (χ1v) is 6.92. The molecule has 0 aromatic carbocycles. The van der Waals surface area contributed by atoms with Gasteiger partial charge in [-0.2, -0.15) is 0 Å². The van der Waals surface area contributed by atoms with E-state index >= 15 is 0 Å². The van der Waals surface area contributed by atoms with Gasteiger partial charge in [-0.25, -0.2) is 4.98 Å². The summed E-state index contributed by atoms with van der Waals surface area (Å²) in [5.74, 6) is 6.02. The molecular formula is C16H23N3O. The van der Waals surface area contributed by atoms with Crippen LogP contribution in [0.15, 0.2) is 18.3 Å². The molecular weight excluding hydrogens is 250 g/mol. The van der Waals surface area contributed by atoms with Crippen molar-refractivity contribution in [3.8, 4) is 11.8 Å². The van der Waals surface area contributed by atoms with Crippen LogP contribution in [0.5, 0.6) is 0 Å². The lowest BCUT2D eigenvalue weighted by atomic mass is 10.1. The Labute approximate surface area is 121 Å². The van der Waals surface area contributed by atoms with Crippen molar-refractivity contribution in [2.45, 2.75) is 33.7 Å². The second kappa shape index (κ2) is 7.66. The molecule has 108 valence electrons. The van der Waals surface area contributed by atoms with E-state index in [9.17, 15) is 4.79 Å². The van der Waals surface area contributed by atoms with E-state index in [4.69, 9.17) is 5.73 Å². The Hall–Kier alpha value is -1.86. The van der Waals surface area contributed by atoms with Crippen LogP contribution < -0.4 is 5.73 Å². The van der Waals surface area contributed by atoms with Crippen molar-refractivity contribution < 1.29 is 4.79 Å². The van der Waals surface area contributed by atoms with Crippen LogP contribution >= 0.6 is 0 Å². The summed E-state index contributed by atoms with van der Waals surface area (Å²) in [6.45, 7) is 9.18. The van der Waals surface area contributed by atoms with Crippen molar-refractivity contribution in [2.75, 3.05) is 13.1 Å². The molecule has 1 rings (SSSR count). The molecule has 1 heterocycles.